The van der Waals surface area contributed by atoms with Gasteiger partial charge in [-0.1, -0.05) is 29.5 Å². The molecule has 0 saturated carbocycles. The Balaban J connectivity index is 1.51. The van der Waals surface area contributed by atoms with Gasteiger partial charge in [-0.25, -0.2) is 13.4 Å². The van der Waals surface area contributed by atoms with Gasteiger partial charge < -0.3 is 5.32 Å². The van der Waals surface area contributed by atoms with E-state index in [1.165, 1.54) is 32.2 Å². The molecule has 1 atom stereocenters. The smallest absolute Gasteiger partial charge is 0.244 e. The van der Waals surface area contributed by atoms with Gasteiger partial charge >= 0.3 is 0 Å². The van der Waals surface area contributed by atoms with Gasteiger partial charge in [-0.2, -0.15) is 4.31 Å². The maximum absolute atomic E-state index is 12.7. The third-order valence-electron chi connectivity index (χ3n) is 5.51. The van der Waals surface area contributed by atoms with Gasteiger partial charge in [-0.05, 0) is 48.3 Å². The lowest BCUT2D eigenvalue weighted by atomic mass is 10.0. The van der Waals surface area contributed by atoms with Gasteiger partial charge in [-0.3, -0.25) is 4.79 Å². The lowest BCUT2D eigenvalue weighted by Gasteiger charge is -2.20. The largest absolute Gasteiger partial charge is 0.301 e. The Morgan fingerprint density at radius 3 is 2.93 bits per heavy atom. The predicted molar refractivity (Wildman–Crippen MR) is 108 cm³/mol. The van der Waals surface area contributed by atoms with Crippen LogP contribution in [0.5, 0.6) is 0 Å². The number of fused-ring (bicyclic) bond motifs is 2. The molecule has 1 aromatic heterocycles. The van der Waals surface area contributed by atoms with E-state index < -0.39 is 16.1 Å². The molecule has 1 N–H and O–H groups in total. The number of nitrogens with zero attached hydrogens (tertiary/aromatic N) is 2. The van der Waals surface area contributed by atoms with Crippen molar-refractivity contribution in [1.29, 1.82) is 0 Å². The Morgan fingerprint density at radius 1 is 1.30 bits per heavy atom. The highest BCUT2D eigenvalue weighted by atomic mass is 32.2. The lowest BCUT2D eigenvalue weighted by Crippen LogP contribution is -2.42. The molecule has 2 heterocycles. The molecular formula is C19H19N3O3S2. The maximum Gasteiger partial charge on any atom is 0.244 e. The first-order chi connectivity index (χ1) is 12.9. The summed E-state index contributed by atoms with van der Waals surface area (Å²) in [5.74, 6) is -0.297. The SMILES string of the molecule is CS(=O)(=O)N1CCCC1C(=O)Nc1nc2c(cc3c4c(cccc42)CC3)s1. The van der Waals surface area contributed by atoms with E-state index in [4.69, 9.17) is 0 Å². The topological polar surface area (TPSA) is 79.4 Å². The molecule has 8 heteroatoms. The van der Waals surface area contributed by atoms with Crippen molar-refractivity contribution in [1.82, 2.24) is 9.29 Å². The van der Waals surface area contributed by atoms with E-state index in [0.717, 1.165) is 34.7 Å². The molecule has 140 valence electrons. The van der Waals surface area contributed by atoms with Gasteiger partial charge in [-0.15, -0.1) is 0 Å². The number of rotatable bonds is 3. The molecule has 0 radical (unpaired) electrons. The number of hydrogen-bond donors (Lipinski definition) is 1. The highest BCUT2D eigenvalue weighted by Crippen LogP contribution is 2.39. The number of anilines is 1. The quantitative estimate of drug-likeness (QED) is 0.732. The Bertz CT molecular complexity index is 1200. The summed E-state index contributed by atoms with van der Waals surface area (Å²) in [4.78, 5) is 17.4. The van der Waals surface area contributed by atoms with E-state index in [-0.39, 0.29) is 5.91 Å². The van der Waals surface area contributed by atoms with E-state index in [1.54, 1.807) is 0 Å². The van der Waals surface area contributed by atoms with Crippen molar-refractivity contribution in [3.05, 3.63) is 35.4 Å². The first-order valence-corrected chi connectivity index (χ1v) is 11.7. The summed E-state index contributed by atoms with van der Waals surface area (Å²) in [7, 11) is -3.39. The molecule has 5 rings (SSSR count). The number of thiazole rings is 1. The molecule has 2 aliphatic rings. The van der Waals surface area contributed by atoms with E-state index in [9.17, 15) is 13.2 Å². The zero-order valence-electron chi connectivity index (χ0n) is 14.9. The minimum Gasteiger partial charge on any atom is -0.301 e. The Hall–Kier alpha value is -2.03. The fourth-order valence-electron chi connectivity index (χ4n) is 4.35. The number of carbonyl (C=O) groups is 1. The number of benzene rings is 2. The molecule has 27 heavy (non-hydrogen) atoms. The highest BCUT2D eigenvalue weighted by molar-refractivity contribution is 7.88. The van der Waals surface area contributed by atoms with E-state index in [1.807, 2.05) is 0 Å². The highest BCUT2D eigenvalue weighted by Gasteiger charge is 2.36. The molecule has 1 amide bonds. The maximum atomic E-state index is 12.7. The summed E-state index contributed by atoms with van der Waals surface area (Å²) in [6, 6.07) is 7.85. The summed E-state index contributed by atoms with van der Waals surface area (Å²) in [5, 5.41) is 5.81. The molecule has 2 aromatic carbocycles. The van der Waals surface area contributed by atoms with Crippen LogP contribution in [0.15, 0.2) is 24.3 Å². The van der Waals surface area contributed by atoms with Gasteiger partial charge in [0.05, 0.1) is 16.5 Å². The third kappa shape index (κ3) is 2.74. The van der Waals surface area contributed by atoms with Crippen molar-refractivity contribution in [3.63, 3.8) is 0 Å². The molecule has 0 bridgehead atoms. The molecule has 1 aliphatic heterocycles. The molecule has 1 fully saturated rings. The van der Waals surface area contributed by atoms with Crippen LogP contribution >= 0.6 is 11.3 Å². The van der Waals surface area contributed by atoms with E-state index in [2.05, 4.69) is 34.6 Å². The average molecular weight is 402 g/mol. The van der Waals surface area contributed by atoms with Crippen molar-refractivity contribution < 1.29 is 13.2 Å². The minimum absolute atomic E-state index is 0.297. The monoisotopic (exact) mass is 401 g/mol. The third-order valence-corrected chi connectivity index (χ3v) is 7.72. The van der Waals surface area contributed by atoms with E-state index in [0.29, 0.717) is 24.5 Å². The molecular weight excluding hydrogens is 382 g/mol. The van der Waals surface area contributed by atoms with E-state index >= 15 is 0 Å². The molecule has 1 saturated heterocycles. The van der Waals surface area contributed by atoms with Crippen LogP contribution in [-0.4, -0.2) is 42.5 Å². The average Bonchev–Trinajstić information content (AvgIpc) is 3.33. The molecule has 3 aromatic rings. The number of carbonyl (C=O) groups excluding carboxylic acids is 1. The van der Waals surface area contributed by atoms with Gasteiger partial charge in [0.1, 0.15) is 6.04 Å². The summed E-state index contributed by atoms with van der Waals surface area (Å²) >= 11 is 1.45. The van der Waals surface area contributed by atoms with Crippen LogP contribution in [0.2, 0.25) is 0 Å². The van der Waals surface area contributed by atoms with Crippen LogP contribution in [0.4, 0.5) is 5.13 Å². The van der Waals surface area contributed by atoms with Crippen LogP contribution < -0.4 is 5.32 Å². The number of aromatic nitrogens is 1. The van der Waals surface area contributed by atoms with Crippen LogP contribution in [0, 0.1) is 0 Å². The Labute approximate surface area is 161 Å². The first-order valence-electron chi connectivity index (χ1n) is 9.03. The lowest BCUT2D eigenvalue weighted by molar-refractivity contribution is -0.119. The zero-order chi connectivity index (χ0) is 18.8. The van der Waals surface area contributed by atoms with Crippen molar-refractivity contribution in [2.75, 3.05) is 18.1 Å². The second-order valence-corrected chi connectivity index (χ2v) is 10.2. The number of sulfonamides is 1. The Kier molecular flexibility index (Phi) is 3.79. The fourth-order valence-corrected chi connectivity index (χ4v) is 6.42. The zero-order valence-corrected chi connectivity index (χ0v) is 16.5. The van der Waals surface area contributed by atoms with Crippen LogP contribution in [0.25, 0.3) is 21.0 Å². The number of amides is 1. The molecule has 1 unspecified atom stereocenters. The van der Waals surface area contributed by atoms with Crippen molar-refractivity contribution >= 4 is 53.4 Å². The minimum atomic E-state index is -3.39. The normalized spacial score (nSPS) is 20.0. The van der Waals surface area contributed by atoms with Crippen molar-refractivity contribution in [2.24, 2.45) is 0 Å². The van der Waals surface area contributed by atoms with Gasteiger partial charge in [0, 0.05) is 11.9 Å². The summed E-state index contributed by atoms with van der Waals surface area (Å²) in [6.45, 7) is 0.396. The predicted octanol–water partition coefficient (Wildman–Crippen LogP) is 2.91. The number of aryl methyl sites for hydroxylation is 2. The first kappa shape index (κ1) is 17.1. The second-order valence-electron chi connectivity index (χ2n) is 7.26. The number of hydrogen-bond acceptors (Lipinski definition) is 5. The molecule has 0 spiro atoms. The van der Waals surface area contributed by atoms with Gasteiger partial charge in [0.25, 0.3) is 0 Å². The van der Waals surface area contributed by atoms with Crippen LogP contribution in [-0.2, 0) is 27.7 Å². The van der Waals surface area contributed by atoms with Crippen molar-refractivity contribution in [3.8, 4) is 0 Å². The standard InChI is InChI=1S/C19H19N3O3S2/c1-27(24,25)22-9-3-6-14(22)18(23)21-19-20-17-13-5-2-4-11-7-8-12(16(11)13)10-15(17)26-19/h2,4-5,10,14H,3,6-9H2,1H3,(H,20,21,23). The summed E-state index contributed by atoms with van der Waals surface area (Å²) < 4.78 is 26.1. The molecule has 1 aliphatic carbocycles. The Morgan fingerprint density at radius 2 is 2.11 bits per heavy atom. The molecule has 6 nitrogen and oxygen atoms in total. The number of nitrogens with one attached hydrogen (secondary N) is 1. The van der Waals surface area contributed by atoms with Gasteiger partial charge in [0.2, 0.25) is 15.9 Å². The van der Waals surface area contributed by atoms with Crippen molar-refractivity contribution in [2.45, 2.75) is 31.7 Å². The second kappa shape index (κ2) is 5.98. The summed E-state index contributed by atoms with van der Waals surface area (Å²) in [5.41, 5.74) is 3.61. The van der Waals surface area contributed by atoms with Gasteiger partial charge in [0.15, 0.2) is 5.13 Å². The fraction of sp³-hybridized carbons (Fsp3) is 0.368. The van der Waals surface area contributed by atoms with Crippen LogP contribution in [0.3, 0.4) is 0 Å². The summed E-state index contributed by atoms with van der Waals surface area (Å²) in [6.07, 6.45) is 4.50. The van der Waals surface area contributed by atoms with Crippen LogP contribution in [0.1, 0.15) is 24.0 Å².